The highest BCUT2D eigenvalue weighted by Gasteiger charge is 2.29. The molecule has 0 amide bonds. The molecular formula is C30H21NO2. The van der Waals surface area contributed by atoms with Crippen molar-refractivity contribution >= 4 is 11.6 Å². The molecule has 4 aromatic carbocycles. The van der Waals surface area contributed by atoms with E-state index in [1.165, 1.54) is 0 Å². The Morgan fingerprint density at radius 1 is 0.455 bits per heavy atom. The molecule has 0 saturated heterocycles. The maximum absolute atomic E-state index is 13.6. The number of aromatic nitrogens is 1. The zero-order valence-corrected chi connectivity index (χ0v) is 17.9. The van der Waals surface area contributed by atoms with Crippen LogP contribution in [0.15, 0.2) is 121 Å². The Kier molecular flexibility index (Phi) is 5.52. The van der Waals surface area contributed by atoms with Crippen molar-refractivity contribution in [3.8, 4) is 33.5 Å². The Balaban J connectivity index is 1.80. The highest BCUT2D eigenvalue weighted by molar-refractivity contribution is 6.50. The minimum Gasteiger partial charge on any atom is -0.351 e. The molecule has 0 fully saturated rings. The van der Waals surface area contributed by atoms with Gasteiger partial charge >= 0.3 is 0 Å². The predicted molar refractivity (Wildman–Crippen MR) is 132 cm³/mol. The molecule has 0 aliphatic rings. The Labute approximate surface area is 192 Å². The van der Waals surface area contributed by atoms with Gasteiger partial charge < -0.3 is 4.98 Å². The van der Waals surface area contributed by atoms with E-state index >= 15 is 0 Å². The smallest absolute Gasteiger partial charge is 0.250 e. The van der Waals surface area contributed by atoms with Gasteiger partial charge in [0.15, 0.2) is 0 Å². The van der Waals surface area contributed by atoms with Crippen molar-refractivity contribution in [1.29, 1.82) is 0 Å². The first-order valence-electron chi connectivity index (χ1n) is 10.8. The maximum Gasteiger partial charge on any atom is 0.250 e. The topological polar surface area (TPSA) is 49.9 Å². The van der Waals surface area contributed by atoms with Crippen molar-refractivity contribution in [2.75, 3.05) is 0 Å². The summed E-state index contributed by atoms with van der Waals surface area (Å²) >= 11 is 0. The Hall–Kier alpha value is -4.50. The minimum absolute atomic E-state index is 0.299. The van der Waals surface area contributed by atoms with Crippen LogP contribution >= 0.6 is 0 Å². The molecule has 158 valence electrons. The van der Waals surface area contributed by atoms with Crippen LogP contribution < -0.4 is 0 Å². The van der Waals surface area contributed by atoms with E-state index in [9.17, 15) is 9.59 Å². The SMILES string of the molecule is O=C(C(=O)c1[nH]c(-c2ccccc2)c(-c2ccccc2)c1-c1ccccc1)c1ccccc1. The number of benzene rings is 4. The van der Waals surface area contributed by atoms with Crippen LogP contribution in [0.3, 0.4) is 0 Å². The molecule has 0 unspecified atom stereocenters. The molecule has 0 radical (unpaired) electrons. The number of nitrogens with one attached hydrogen (secondary N) is 1. The Morgan fingerprint density at radius 3 is 1.39 bits per heavy atom. The van der Waals surface area contributed by atoms with Crippen LogP contribution in [0.5, 0.6) is 0 Å². The van der Waals surface area contributed by atoms with E-state index in [0.29, 0.717) is 11.3 Å². The summed E-state index contributed by atoms with van der Waals surface area (Å²) in [6.07, 6.45) is 0. The molecule has 5 aromatic rings. The molecule has 3 nitrogen and oxygen atoms in total. The second kappa shape index (κ2) is 8.93. The van der Waals surface area contributed by atoms with Gasteiger partial charge in [-0.15, -0.1) is 0 Å². The van der Waals surface area contributed by atoms with Crippen molar-refractivity contribution in [2.45, 2.75) is 0 Å². The first kappa shape index (κ1) is 20.4. The molecule has 33 heavy (non-hydrogen) atoms. The van der Waals surface area contributed by atoms with Crippen LogP contribution in [0.4, 0.5) is 0 Å². The van der Waals surface area contributed by atoms with E-state index in [4.69, 9.17) is 0 Å². The van der Waals surface area contributed by atoms with Crippen LogP contribution in [0.2, 0.25) is 0 Å². The average Bonchev–Trinajstić information content (AvgIpc) is 3.30. The quantitative estimate of drug-likeness (QED) is 0.232. The molecule has 1 aromatic heterocycles. The van der Waals surface area contributed by atoms with Crippen molar-refractivity contribution in [1.82, 2.24) is 4.98 Å². The molecule has 5 rings (SSSR count). The number of Topliss-reactive ketones (excluding diaryl/α,β-unsaturated/α-hetero) is 2. The van der Waals surface area contributed by atoms with E-state index in [0.717, 1.165) is 33.5 Å². The van der Waals surface area contributed by atoms with E-state index in [-0.39, 0.29) is 0 Å². The van der Waals surface area contributed by atoms with Crippen LogP contribution in [-0.4, -0.2) is 16.6 Å². The van der Waals surface area contributed by atoms with Crippen LogP contribution in [0, 0.1) is 0 Å². The van der Waals surface area contributed by atoms with E-state index in [1.807, 2.05) is 97.1 Å². The molecule has 1 heterocycles. The predicted octanol–water partition coefficient (Wildman–Crippen LogP) is 7.08. The second-order valence-corrected chi connectivity index (χ2v) is 7.75. The fourth-order valence-electron chi connectivity index (χ4n) is 4.11. The lowest BCUT2D eigenvalue weighted by Gasteiger charge is -2.10. The summed E-state index contributed by atoms with van der Waals surface area (Å²) in [5.74, 6) is -1.09. The van der Waals surface area contributed by atoms with Crippen molar-refractivity contribution in [3.05, 3.63) is 133 Å². The zero-order chi connectivity index (χ0) is 22.6. The maximum atomic E-state index is 13.6. The standard InChI is InChI=1S/C30H21NO2/c32-29(24-19-11-4-12-20-24)30(33)28-26(22-15-7-2-8-16-22)25(21-13-5-1-6-14-21)27(31-28)23-17-9-3-10-18-23/h1-20,31H. The summed E-state index contributed by atoms with van der Waals surface area (Å²) in [7, 11) is 0. The molecule has 0 aliphatic heterocycles. The second-order valence-electron chi connectivity index (χ2n) is 7.75. The largest absolute Gasteiger partial charge is 0.351 e. The molecule has 0 saturated carbocycles. The number of carbonyl (C=O) groups excluding carboxylic acids is 2. The molecule has 0 aliphatic carbocycles. The van der Waals surface area contributed by atoms with Gasteiger partial charge in [-0.25, -0.2) is 0 Å². The van der Waals surface area contributed by atoms with E-state index < -0.39 is 11.6 Å². The van der Waals surface area contributed by atoms with Gasteiger partial charge in [-0.3, -0.25) is 9.59 Å². The third-order valence-corrected chi connectivity index (χ3v) is 5.66. The van der Waals surface area contributed by atoms with Gasteiger partial charge in [-0.1, -0.05) is 121 Å². The van der Waals surface area contributed by atoms with Crippen molar-refractivity contribution in [2.24, 2.45) is 0 Å². The third-order valence-electron chi connectivity index (χ3n) is 5.66. The number of ketones is 2. The van der Waals surface area contributed by atoms with Crippen molar-refractivity contribution < 1.29 is 9.59 Å². The fourth-order valence-corrected chi connectivity index (χ4v) is 4.11. The van der Waals surface area contributed by atoms with Gasteiger partial charge in [-0.05, 0) is 16.7 Å². The van der Waals surface area contributed by atoms with Crippen LogP contribution in [0.25, 0.3) is 33.5 Å². The van der Waals surface area contributed by atoms with Crippen molar-refractivity contribution in [3.63, 3.8) is 0 Å². The number of hydrogen-bond donors (Lipinski definition) is 1. The average molecular weight is 428 g/mol. The summed E-state index contributed by atoms with van der Waals surface area (Å²) in [6, 6.07) is 38.3. The number of rotatable bonds is 6. The number of H-pyrrole nitrogens is 1. The van der Waals surface area contributed by atoms with Gasteiger partial charge in [0, 0.05) is 16.7 Å². The number of aromatic amines is 1. The highest BCUT2D eigenvalue weighted by atomic mass is 16.2. The summed E-state index contributed by atoms with van der Waals surface area (Å²) in [6.45, 7) is 0. The zero-order valence-electron chi connectivity index (χ0n) is 17.9. The number of hydrogen-bond acceptors (Lipinski definition) is 2. The summed E-state index contributed by atoms with van der Waals surface area (Å²) in [4.78, 5) is 30.1. The molecule has 0 atom stereocenters. The van der Waals surface area contributed by atoms with Gasteiger partial charge in [0.25, 0.3) is 0 Å². The Morgan fingerprint density at radius 2 is 0.879 bits per heavy atom. The number of carbonyl (C=O) groups is 2. The molecular weight excluding hydrogens is 406 g/mol. The Bertz CT molecular complexity index is 1400. The van der Waals surface area contributed by atoms with Gasteiger partial charge in [-0.2, -0.15) is 0 Å². The van der Waals surface area contributed by atoms with Gasteiger partial charge in [0.05, 0.1) is 11.4 Å². The lowest BCUT2D eigenvalue weighted by molar-refractivity contribution is 0.0815. The van der Waals surface area contributed by atoms with Gasteiger partial charge in [0.1, 0.15) is 0 Å². The normalized spacial score (nSPS) is 10.7. The molecule has 3 heteroatoms. The lowest BCUT2D eigenvalue weighted by Crippen LogP contribution is -2.15. The molecule has 0 bridgehead atoms. The summed E-state index contributed by atoms with van der Waals surface area (Å²) < 4.78 is 0. The monoisotopic (exact) mass is 427 g/mol. The molecule has 1 N–H and O–H groups in total. The van der Waals surface area contributed by atoms with Gasteiger partial charge in [0.2, 0.25) is 11.6 Å². The first-order chi connectivity index (χ1) is 16.2. The lowest BCUT2D eigenvalue weighted by atomic mass is 9.91. The third kappa shape index (κ3) is 3.92. The fraction of sp³-hybridized carbons (Fsp3) is 0. The molecule has 0 spiro atoms. The first-order valence-corrected chi connectivity index (χ1v) is 10.8. The van der Waals surface area contributed by atoms with E-state index in [2.05, 4.69) is 4.98 Å². The summed E-state index contributed by atoms with van der Waals surface area (Å²) in [5.41, 5.74) is 5.90. The minimum atomic E-state index is -0.556. The van der Waals surface area contributed by atoms with E-state index in [1.54, 1.807) is 24.3 Å². The van der Waals surface area contributed by atoms with Crippen LogP contribution in [0.1, 0.15) is 20.8 Å². The highest BCUT2D eigenvalue weighted by Crippen LogP contribution is 2.42. The van der Waals surface area contributed by atoms with Crippen LogP contribution in [-0.2, 0) is 0 Å². The summed E-state index contributed by atoms with van der Waals surface area (Å²) in [5, 5.41) is 0.